The van der Waals surface area contributed by atoms with Gasteiger partial charge in [-0.25, -0.2) is 0 Å². The Balaban J connectivity index is 0.000000775. The van der Waals surface area contributed by atoms with E-state index in [-0.39, 0.29) is 111 Å². The van der Waals surface area contributed by atoms with Crippen LogP contribution in [0, 0.1) is 39.5 Å². The van der Waals surface area contributed by atoms with Gasteiger partial charge in [0.25, 0.3) is 11.8 Å². The molecule has 0 unspecified atom stereocenters. The van der Waals surface area contributed by atoms with Crippen molar-refractivity contribution in [2.24, 2.45) is 11.8 Å². The lowest BCUT2D eigenvalue weighted by Crippen LogP contribution is -2.29. The van der Waals surface area contributed by atoms with Gasteiger partial charge in [-0.1, -0.05) is 142 Å². The largest absolute Gasteiger partial charge is 0.462 e. The molecule has 0 saturated heterocycles. The maximum atomic E-state index is 13.6. The van der Waals surface area contributed by atoms with E-state index in [0.29, 0.717) is 65.0 Å². The van der Waals surface area contributed by atoms with Gasteiger partial charge >= 0.3 is 5.97 Å². The van der Waals surface area contributed by atoms with Crippen molar-refractivity contribution in [2.75, 3.05) is 75.7 Å². The molecule has 0 aliphatic carbocycles. The highest BCUT2D eigenvalue weighted by Gasteiger charge is 2.26. The zero-order chi connectivity index (χ0) is 62.4. The second kappa shape index (κ2) is 43.7. The molecule has 88 heavy (non-hydrogen) atoms. The Bertz CT molecular complexity index is 2920. The number of carbonyl (C=O) groups is 6. The molecule has 12 nitrogen and oxygen atoms in total. The van der Waals surface area contributed by atoms with Crippen LogP contribution in [0.2, 0.25) is 0 Å². The molecule has 0 fully saturated rings. The third-order valence-electron chi connectivity index (χ3n) is 12.2. The molecule has 0 spiro atoms. The zero-order valence-electron chi connectivity index (χ0n) is 49.8. The number of esters is 1. The van der Waals surface area contributed by atoms with E-state index < -0.39 is 8.65 Å². The number of alkyl halides is 2. The zero-order valence-corrected chi connectivity index (χ0v) is 59.5. The fraction of sp³-hybridized carbons (Fsp3) is 0.382. The van der Waals surface area contributed by atoms with Crippen LogP contribution in [-0.4, -0.2) is 124 Å². The van der Waals surface area contributed by atoms with E-state index in [9.17, 15) is 28.8 Å². The number of thioether (sulfide) groups is 4. The number of halogens is 4. The van der Waals surface area contributed by atoms with Gasteiger partial charge in [0.2, 0.25) is 4.69 Å². The highest BCUT2D eigenvalue weighted by atomic mass is 79.9. The second-order valence-electron chi connectivity index (χ2n) is 20.6. The Labute approximate surface area is 575 Å². The van der Waals surface area contributed by atoms with Gasteiger partial charge in [-0.15, -0.1) is 64.0 Å². The molecule has 0 aromatic heterocycles. The molecule has 6 aromatic carbocycles. The Hall–Kier alpha value is -4.06. The molecule has 0 radical (unpaired) electrons. The molecule has 0 aliphatic heterocycles. The van der Waals surface area contributed by atoms with Crippen LogP contribution in [0.4, 0.5) is 0 Å². The number of benzene rings is 6. The first-order chi connectivity index (χ1) is 40.4. The summed E-state index contributed by atoms with van der Waals surface area (Å²) >= 11 is 16.0. The van der Waals surface area contributed by atoms with Crippen molar-refractivity contribution < 1.29 is 48.1 Å². The van der Waals surface area contributed by atoms with Gasteiger partial charge in [0.1, 0.15) is 10.9 Å². The number of Topliss-reactive ketones (excluding diaryl/α,β-unsaturated/α-hetero) is 2. The van der Waals surface area contributed by atoms with E-state index >= 15 is 0 Å². The van der Waals surface area contributed by atoms with Gasteiger partial charge in [-0.2, -0.15) is 0 Å². The molecule has 3 N–H and O–H groups in total. The van der Waals surface area contributed by atoms with Gasteiger partial charge in [0.15, 0.2) is 11.6 Å². The lowest BCUT2D eigenvalue weighted by atomic mass is 9.99. The minimum atomic E-state index is -0.733. The predicted molar refractivity (Wildman–Crippen MR) is 384 cm³/mol. The Morgan fingerprint density at radius 1 is 0.443 bits per heavy atom. The van der Waals surface area contributed by atoms with Crippen LogP contribution in [0.15, 0.2) is 165 Å². The van der Waals surface area contributed by atoms with Crippen LogP contribution in [0.25, 0.3) is 0 Å². The third kappa shape index (κ3) is 32.3. The van der Waals surface area contributed by atoms with Crippen molar-refractivity contribution in [1.82, 2.24) is 10.6 Å². The predicted octanol–water partition coefficient (Wildman–Crippen LogP) is 16.5. The molecule has 480 valence electrons. The number of hydrogen-bond donors (Lipinski definition) is 3. The minimum Gasteiger partial charge on any atom is -0.462 e. The summed E-state index contributed by atoms with van der Waals surface area (Å²) in [6.07, 6.45) is 0. The number of aryl methyl sites for hydroxylation is 4. The van der Waals surface area contributed by atoms with E-state index in [0.717, 1.165) is 19.6 Å². The van der Waals surface area contributed by atoms with Crippen molar-refractivity contribution in [2.45, 2.75) is 98.5 Å². The molecule has 20 heteroatoms. The lowest BCUT2D eigenvalue weighted by molar-refractivity contribution is -0.146. The summed E-state index contributed by atoms with van der Waals surface area (Å²) in [6.45, 7) is 17.1. The van der Waals surface area contributed by atoms with Crippen LogP contribution in [0.3, 0.4) is 0 Å². The number of ketones is 2. The number of rotatable bonds is 31. The van der Waals surface area contributed by atoms with Crippen LogP contribution < -0.4 is 10.6 Å². The molecule has 6 rings (SSSR count). The van der Waals surface area contributed by atoms with Crippen LogP contribution in [-0.2, 0) is 23.8 Å². The lowest BCUT2D eigenvalue weighted by Gasteiger charge is -2.16. The number of aliphatic hydroxyl groups excluding tert-OH is 1. The van der Waals surface area contributed by atoms with Crippen LogP contribution >= 0.6 is 112 Å². The molecule has 0 aliphatic rings. The first-order valence-corrected chi connectivity index (χ1v) is 33.9. The number of hydrogen-bond acceptors (Lipinski definition) is 14. The highest BCUT2D eigenvalue weighted by Crippen LogP contribution is 2.31. The summed E-state index contributed by atoms with van der Waals surface area (Å²) in [5.41, 5.74) is 7.00. The third-order valence-corrected chi connectivity index (χ3v) is 19.1. The average Bonchev–Trinajstić information content (AvgIpc) is 3.69. The van der Waals surface area contributed by atoms with E-state index in [2.05, 4.69) is 183 Å². The Morgan fingerprint density at radius 3 is 0.977 bits per heavy atom. The van der Waals surface area contributed by atoms with Crippen molar-refractivity contribution in [3.63, 3.8) is 0 Å². The van der Waals surface area contributed by atoms with Crippen molar-refractivity contribution in [1.29, 1.82) is 0 Å². The van der Waals surface area contributed by atoms with Gasteiger partial charge in [-0.05, 0) is 144 Å². The van der Waals surface area contributed by atoms with E-state index in [1.165, 1.54) is 22.3 Å². The van der Waals surface area contributed by atoms with Gasteiger partial charge in [0, 0.05) is 89.8 Å². The molecule has 2 amide bonds. The molecule has 6 aromatic rings. The Morgan fingerprint density at radius 2 is 0.716 bits per heavy atom. The summed E-state index contributed by atoms with van der Waals surface area (Å²) < 4.78 is 14.5. The fourth-order valence-electron chi connectivity index (χ4n) is 7.08. The minimum absolute atomic E-state index is 0. The molecular weight excluding hydrogens is 1450 g/mol. The molecule has 0 bridgehead atoms. The average molecular weight is 1540 g/mol. The normalized spacial score (nSPS) is 10.8. The van der Waals surface area contributed by atoms with Crippen molar-refractivity contribution >= 4 is 146 Å². The van der Waals surface area contributed by atoms with Crippen LogP contribution in [0.1, 0.15) is 106 Å². The molecule has 0 heterocycles. The van der Waals surface area contributed by atoms with Crippen LogP contribution in [0.5, 0.6) is 0 Å². The maximum Gasteiger partial charge on any atom is 0.322 e. The van der Waals surface area contributed by atoms with E-state index in [1.807, 2.05) is 0 Å². The van der Waals surface area contributed by atoms with E-state index in [1.54, 1.807) is 123 Å². The second-order valence-corrected chi connectivity index (χ2v) is 29.6. The first kappa shape index (κ1) is 82.0. The molecule has 0 saturated carbocycles. The van der Waals surface area contributed by atoms with Gasteiger partial charge in [0.05, 0.1) is 37.4 Å². The molecular formula is C68H86Br4N2O10S4. The maximum absolute atomic E-state index is 13.6. The number of amides is 2. The fourth-order valence-corrected chi connectivity index (χ4v) is 11.5. The quantitative estimate of drug-likeness (QED) is 0.00936. The summed E-state index contributed by atoms with van der Waals surface area (Å²) in [5, 5.41) is 14.3. The van der Waals surface area contributed by atoms with Crippen molar-refractivity contribution in [3.05, 3.63) is 190 Å². The number of aliphatic hydroxyl groups is 1. The highest BCUT2D eigenvalue weighted by molar-refractivity contribution is 9.20. The standard InChI is InChI=1S/C33H38BrNO5S2.C29H33NO4S2.C4H6Br2O.2CH4.BrH/c1-23-5-13-28(14-6-23)41-21-27(22-42-29-15-7-24(2)8-16-29)30(36)25-9-11-26(12-10-25)31(37)35-17-18-39-19-20-40-32(38)33(3,4)34;1-21-3-11-26(12-4-21)35-19-25(20-36-27-13-5-22(2)6-14-27)28(32)23-7-9-24(10-8-23)29(33)30-15-17-34-18-16-31;1-4(2,6)3(5)7;;;/h5-16,27H,17-22H2,1-4H3,(H,35,37);3-14,25,31H,15-20H2,1-2H3,(H,30,33);1-2H3;2*1H4;1H. The monoisotopic (exact) mass is 1530 g/mol. The van der Waals surface area contributed by atoms with E-state index in [4.69, 9.17) is 19.3 Å². The number of ether oxygens (including phenoxy) is 3. The number of nitrogens with one attached hydrogen (secondary N) is 2. The summed E-state index contributed by atoms with van der Waals surface area (Å²) in [7, 11) is 0. The number of carbonyl (C=O) groups excluding carboxylic acids is 6. The topological polar surface area (TPSA) is 174 Å². The van der Waals surface area contributed by atoms with Crippen molar-refractivity contribution in [3.8, 4) is 0 Å². The molecule has 0 atom stereocenters. The smallest absolute Gasteiger partial charge is 0.322 e. The summed E-state index contributed by atoms with van der Waals surface area (Å²) in [5.74, 6) is 1.64. The summed E-state index contributed by atoms with van der Waals surface area (Å²) in [4.78, 5) is 78.6. The SMILES string of the molecule is Br.C.C.CC(C)(Br)C(=O)Br.Cc1ccc(SCC(CSc2ccc(C)cc2)C(=O)c2ccc(C(=O)NCCOCCO)cc2)cc1.Cc1ccc(SCC(CSc2ccc(C)cc2)C(=O)c2ccc(C(=O)NCCOCCOC(=O)C(C)(C)Br)cc2)cc1. The summed E-state index contributed by atoms with van der Waals surface area (Å²) in [6, 6.07) is 47.1. The first-order valence-electron chi connectivity index (χ1n) is 27.6. The van der Waals surface area contributed by atoms with Gasteiger partial charge in [-0.3, -0.25) is 28.8 Å². The Kier molecular flexibility index (Phi) is 40.7. The van der Waals surface area contributed by atoms with Gasteiger partial charge < -0.3 is 30.0 Å².